The molecule has 0 saturated heterocycles. The predicted molar refractivity (Wildman–Crippen MR) is 49.3 cm³/mol. The molecule has 1 aliphatic rings. The van der Waals surface area contributed by atoms with Gasteiger partial charge in [0.1, 0.15) is 6.11 Å². The molecule has 0 spiro atoms. The van der Waals surface area contributed by atoms with Gasteiger partial charge >= 0.3 is 11.9 Å². The minimum Gasteiger partial charge on any atom is -0.481 e. The van der Waals surface area contributed by atoms with Gasteiger partial charge in [0.05, 0.1) is 11.8 Å². The number of aliphatic carboxylic acids is 2. The second kappa shape index (κ2) is 4.69. The van der Waals surface area contributed by atoms with Crippen LogP contribution in [0.1, 0.15) is 19.3 Å². The van der Waals surface area contributed by atoms with Crippen LogP contribution in [0.25, 0.3) is 0 Å². The maximum absolute atomic E-state index is 10.8. The van der Waals surface area contributed by atoms with E-state index in [-0.39, 0.29) is 12.3 Å². The smallest absolute Gasteiger partial charge is 0.306 e. The van der Waals surface area contributed by atoms with Gasteiger partial charge < -0.3 is 15.3 Å². The third-order valence-electron chi connectivity index (χ3n) is 2.67. The highest BCUT2D eigenvalue weighted by Gasteiger charge is 2.35. The van der Waals surface area contributed by atoms with Crippen LogP contribution in [0, 0.1) is 29.8 Å². The summed E-state index contributed by atoms with van der Waals surface area (Å²) in [5.41, 5.74) is 0. The highest BCUT2D eigenvalue weighted by Crippen LogP contribution is 2.33. The van der Waals surface area contributed by atoms with E-state index in [2.05, 4.69) is 5.92 Å². The summed E-state index contributed by atoms with van der Waals surface area (Å²) in [6.07, 6.45) is 2.49. The molecule has 0 aromatic carbocycles. The molecule has 0 radical (unpaired) electrons. The molecular formula is C10H12O5. The Kier molecular flexibility index (Phi) is 3.56. The third kappa shape index (κ3) is 2.88. The van der Waals surface area contributed by atoms with Crippen molar-refractivity contribution in [3.63, 3.8) is 0 Å². The summed E-state index contributed by atoms with van der Waals surface area (Å²) in [6, 6.07) is 0. The molecule has 1 fully saturated rings. The van der Waals surface area contributed by atoms with Gasteiger partial charge in [0.15, 0.2) is 0 Å². The molecule has 0 aromatic heterocycles. The highest BCUT2D eigenvalue weighted by atomic mass is 16.4. The first-order valence-electron chi connectivity index (χ1n) is 4.64. The standard InChI is InChI=1S/C10H12O5/c11-2-1-6-3-7(9(12)13)5-8(4-6)10(14)15/h6-8,11H,3-5H2,(H,12,13)(H,14,15). The van der Waals surface area contributed by atoms with Gasteiger partial charge in [-0.2, -0.15) is 0 Å². The molecule has 0 bridgehead atoms. The summed E-state index contributed by atoms with van der Waals surface area (Å²) in [4.78, 5) is 21.5. The van der Waals surface area contributed by atoms with Crippen molar-refractivity contribution in [2.45, 2.75) is 19.3 Å². The van der Waals surface area contributed by atoms with Crippen molar-refractivity contribution in [2.24, 2.45) is 17.8 Å². The van der Waals surface area contributed by atoms with Crippen molar-refractivity contribution < 1.29 is 24.9 Å². The molecule has 2 unspecified atom stereocenters. The number of rotatable bonds is 2. The lowest BCUT2D eigenvalue weighted by atomic mass is 9.75. The van der Waals surface area contributed by atoms with Crippen molar-refractivity contribution in [3.05, 3.63) is 0 Å². The van der Waals surface area contributed by atoms with E-state index in [0.29, 0.717) is 12.8 Å². The van der Waals surface area contributed by atoms with Crippen molar-refractivity contribution in [1.82, 2.24) is 0 Å². The van der Waals surface area contributed by atoms with Gasteiger partial charge in [0.25, 0.3) is 0 Å². The van der Waals surface area contributed by atoms with Gasteiger partial charge in [0, 0.05) is 5.92 Å². The fourth-order valence-electron chi connectivity index (χ4n) is 1.93. The molecular weight excluding hydrogens is 200 g/mol. The number of carbonyl (C=O) groups is 2. The molecule has 2 atom stereocenters. The van der Waals surface area contributed by atoms with Crippen molar-refractivity contribution in [3.8, 4) is 12.0 Å². The number of aliphatic hydroxyl groups excluding tert-OH is 1. The normalized spacial score (nSPS) is 30.0. The maximum atomic E-state index is 10.8. The first-order chi connectivity index (χ1) is 7.04. The Bertz CT molecular complexity index is 302. The molecule has 5 heteroatoms. The lowest BCUT2D eigenvalue weighted by Gasteiger charge is -2.27. The Morgan fingerprint density at radius 1 is 1.00 bits per heavy atom. The minimum atomic E-state index is -0.995. The van der Waals surface area contributed by atoms with Crippen molar-refractivity contribution >= 4 is 11.9 Å². The van der Waals surface area contributed by atoms with Crippen LogP contribution in [0.4, 0.5) is 0 Å². The zero-order chi connectivity index (χ0) is 11.4. The first kappa shape index (κ1) is 11.4. The zero-order valence-electron chi connectivity index (χ0n) is 8.01. The first-order valence-corrected chi connectivity index (χ1v) is 4.64. The molecule has 0 heterocycles. The Morgan fingerprint density at radius 3 is 1.80 bits per heavy atom. The Labute approximate surface area is 86.7 Å². The molecule has 15 heavy (non-hydrogen) atoms. The molecule has 5 nitrogen and oxygen atoms in total. The van der Waals surface area contributed by atoms with Gasteiger partial charge in [-0.25, -0.2) is 0 Å². The largest absolute Gasteiger partial charge is 0.481 e. The van der Waals surface area contributed by atoms with E-state index >= 15 is 0 Å². The van der Waals surface area contributed by atoms with Crippen LogP contribution >= 0.6 is 0 Å². The lowest BCUT2D eigenvalue weighted by Crippen LogP contribution is -2.31. The van der Waals surface area contributed by atoms with Crippen molar-refractivity contribution in [2.75, 3.05) is 0 Å². The summed E-state index contributed by atoms with van der Waals surface area (Å²) in [7, 11) is 0. The fourth-order valence-corrected chi connectivity index (χ4v) is 1.93. The summed E-state index contributed by atoms with van der Waals surface area (Å²) in [6.45, 7) is 0. The monoisotopic (exact) mass is 212 g/mol. The zero-order valence-corrected chi connectivity index (χ0v) is 8.01. The topological polar surface area (TPSA) is 94.8 Å². The van der Waals surface area contributed by atoms with Crippen LogP contribution < -0.4 is 0 Å². The van der Waals surface area contributed by atoms with Gasteiger partial charge in [0.2, 0.25) is 0 Å². The van der Waals surface area contributed by atoms with Gasteiger partial charge in [-0.1, -0.05) is 5.92 Å². The average Bonchev–Trinajstić information content (AvgIpc) is 2.17. The molecule has 1 saturated carbocycles. The van der Waals surface area contributed by atoms with Gasteiger partial charge in [-0.3, -0.25) is 9.59 Å². The van der Waals surface area contributed by atoms with E-state index in [0.717, 1.165) is 0 Å². The molecule has 0 aliphatic heterocycles. The SMILES string of the molecule is O=C(O)C1CC(C#CO)CC(C(=O)O)C1. The van der Waals surface area contributed by atoms with Crippen LogP contribution in [0.3, 0.4) is 0 Å². The molecule has 82 valence electrons. The van der Waals surface area contributed by atoms with E-state index in [1.807, 2.05) is 0 Å². The maximum Gasteiger partial charge on any atom is 0.306 e. The third-order valence-corrected chi connectivity index (χ3v) is 2.67. The molecule has 3 N–H and O–H groups in total. The fraction of sp³-hybridized carbons (Fsp3) is 0.600. The van der Waals surface area contributed by atoms with E-state index in [4.69, 9.17) is 15.3 Å². The summed E-state index contributed by atoms with van der Waals surface area (Å²) >= 11 is 0. The van der Waals surface area contributed by atoms with Gasteiger partial charge in [-0.05, 0) is 19.3 Å². The van der Waals surface area contributed by atoms with E-state index in [9.17, 15) is 9.59 Å². The number of carboxylic acid groups (broad SMARTS) is 2. The summed E-state index contributed by atoms with van der Waals surface area (Å²) in [5.74, 6) is -1.25. The summed E-state index contributed by atoms with van der Waals surface area (Å²) in [5, 5.41) is 26.1. The summed E-state index contributed by atoms with van der Waals surface area (Å²) < 4.78 is 0. The predicted octanol–water partition coefficient (Wildman–Crippen LogP) is 0.521. The molecule has 0 amide bonds. The molecule has 1 rings (SSSR count). The van der Waals surface area contributed by atoms with Crippen LogP contribution in [-0.4, -0.2) is 27.3 Å². The van der Waals surface area contributed by atoms with E-state index in [1.54, 1.807) is 6.11 Å². The number of hydrogen-bond acceptors (Lipinski definition) is 3. The van der Waals surface area contributed by atoms with E-state index in [1.165, 1.54) is 0 Å². The van der Waals surface area contributed by atoms with Crippen molar-refractivity contribution in [1.29, 1.82) is 0 Å². The Morgan fingerprint density at radius 2 is 1.47 bits per heavy atom. The second-order valence-corrected chi connectivity index (χ2v) is 3.73. The number of hydrogen-bond donors (Lipinski definition) is 3. The molecule has 1 aliphatic carbocycles. The molecule has 0 aromatic rings. The van der Waals surface area contributed by atoms with Crippen LogP contribution in [0.5, 0.6) is 0 Å². The van der Waals surface area contributed by atoms with Crippen LogP contribution in [0.15, 0.2) is 0 Å². The van der Waals surface area contributed by atoms with E-state index < -0.39 is 23.8 Å². The van der Waals surface area contributed by atoms with Crippen LogP contribution in [0.2, 0.25) is 0 Å². The Hall–Kier alpha value is -1.70. The van der Waals surface area contributed by atoms with Crippen LogP contribution in [-0.2, 0) is 9.59 Å². The quantitative estimate of drug-likeness (QED) is 0.580. The number of aliphatic hydroxyl groups is 1. The lowest BCUT2D eigenvalue weighted by molar-refractivity contribution is -0.148. The highest BCUT2D eigenvalue weighted by molar-refractivity contribution is 5.74. The minimum absolute atomic E-state index is 0.147. The van der Waals surface area contributed by atoms with Gasteiger partial charge in [-0.15, -0.1) is 0 Å². The average molecular weight is 212 g/mol. The number of carboxylic acids is 2. The second-order valence-electron chi connectivity index (χ2n) is 3.73. The Balaban J connectivity index is 2.75.